The number of ether oxygens (including phenoxy) is 1. The first-order chi connectivity index (χ1) is 7.66. The van der Waals surface area contributed by atoms with Gasteiger partial charge in [-0.2, -0.15) is 0 Å². The lowest BCUT2D eigenvalue weighted by atomic mass is 10.3. The number of aliphatic carboxylic acids is 1. The van der Waals surface area contributed by atoms with Crippen LogP contribution in [0.15, 0.2) is 12.2 Å². The Hall–Kier alpha value is -1.69. The van der Waals surface area contributed by atoms with Crippen molar-refractivity contribution in [3.05, 3.63) is 12.2 Å². The van der Waals surface area contributed by atoms with E-state index in [2.05, 4.69) is 11.3 Å². The highest BCUT2D eigenvalue weighted by Gasteiger charge is 2.03. The number of carbonyl (C=O) groups is 3. The number of aliphatic hydroxyl groups is 1. The average Bonchev–Trinajstić information content (AvgIpc) is 2.12. The Balaban J connectivity index is 0. The lowest BCUT2D eigenvalue weighted by Crippen LogP contribution is -2.24. The van der Waals surface area contributed by atoms with E-state index in [4.69, 9.17) is 5.11 Å². The first-order valence-electron chi connectivity index (χ1n) is 4.86. The zero-order valence-electron chi connectivity index (χ0n) is 10.2. The van der Waals surface area contributed by atoms with Crippen LogP contribution in [0.3, 0.4) is 0 Å². The van der Waals surface area contributed by atoms with Crippen LogP contribution in [-0.2, 0) is 19.1 Å². The van der Waals surface area contributed by atoms with Crippen molar-refractivity contribution in [3.8, 4) is 0 Å². The number of hydrogen-bond acceptors (Lipinski definition) is 6. The molecule has 1 atom stereocenters. The molecule has 0 aromatic heterocycles. The van der Waals surface area contributed by atoms with E-state index in [9.17, 15) is 19.5 Å². The van der Waals surface area contributed by atoms with E-state index in [1.807, 2.05) is 0 Å². The number of carboxylic acids is 1. The van der Waals surface area contributed by atoms with Crippen LogP contribution in [0.1, 0.15) is 27.2 Å². The summed E-state index contributed by atoms with van der Waals surface area (Å²) in [5.74, 6) is -2.14. The van der Waals surface area contributed by atoms with Crippen molar-refractivity contribution in [2.24, 2.45) is 0 Å². The van der Waals surface area contributed by atoms with Crippen LogP contribution in [0.4, 0.5) is 0 Å². The van der Waals surface area contributed by atoms with Gasteiger partial charge in [-0.1, -0.05) is 6.58 Å². The molecular weight excluding hydrogens is 228 g/mol. The number of ketones is 1. The largest absolute Gasteiger partial charge is 0.550 e. The minimum atomic E-state index is -1.31. The van der Waals surface area contributed by atoms with Crippen molar-refractivity contribution in [1.82, 2.24) is 0 Å². The molecule has 0 aliphatic rings. The highest BCUT2D eigenvalue weighted by Crippen LogP contribution is 1.92. The molecule has 0 saturated carbocycles. The Kier molecular flexibility index (Phi) is 9.92. The van der Waals surface area contributed by atoms with Gasteiger partial charge in [-0.3, -0.25) is 4.79 Å². The Morgan fingerprint density at radius 1 is 1.35 bits per heavy atom. The fraction of sp³-hybridized carbons (Fsp3) is 0.545. The Morgan fingerprint density at radius 2 is 1.82 bits per heavy atom. The molecule has 0 aliphatic heterocycles. The number of esters is 1. The van der Waals surface area contributed by atoms with Crippen LogP contribution in [0, 0.1) is 0 Å². The molecule has 0 spiro atoms. The van der Waals surface area contributed by atoms with Crippen molar-refractivity contribution in [2.45, 2.75) is 33.3 Å². The van der Waals surface area contributed by atoms with E-state index in [1.165, 1.54) is 6.92 Å². The molecule has 0 rings (SSSR count). The summed E-state index contributed by atoms with van der Waals surface area (Å²) >= 11 is 0. The molecule has 98 valence electrons. The standard InChI is InChI=1S/C7H12O3.C4H6O3/c1-5(2)7(9)10-4-6(3)8;1-3(5)2-4(6)7/h6,8H,1,4H2,2-3H3;2H2,1H3,(H,6,7)/p-1. The van der Waals surface area contributed by atoms with Gasteiger partial charge in [0.05, 0.1) is 6.10 Å². The first-order valence-corrected chi connectivity index (χ1v) is 4.86. The summed E-state index contributed by atoms with van der Waals surface area (Å²) in [6.45, 7) is 7.72. The predicted octanol–water partition coefficient (Wildman–Crippen LogP) is -0.798. The number of aliphatic hydroxyl groups excluding tert-OH is 1. The highest BCUT2D eigenvalue weighted by atomic mass is 16.5. The first kappa shape index (κ1) is 17.7. The molecule has 6 heteroatoms. The van der Waals surface area contributed by atoms with Gasteiger partial charge >= 0.3 is 5.97 Å². The van der Waals surface area contributed by atoms with Gasteiger partial charge in [0.25, 0.3) is 0 Å². The lowest BCUT2D eigenvalue weighted by Gasteiger charge is -2.04. The van der Waals surface area contributed by atoms with Gasteiger partial charge in [-0.05, 0) is 20.8 Å². The van der Waals surface area contributed by atoms with Crippen molar-refractivity contribution in [3.63, 3.8) is 0 Å². The molecular formula is C11H17O6-. The Morgan fingerprint density at radius 3 is 2.00 bits per heavy atom. The zero-order valence-corrected chi connectivity index (χ0v) is 10.2. The fourth-order valence-electron chi connectivity index (χ4n) is 0.523. The molecule has 1 unspecified atom stereocenters. The predicted molar refractivity (Wildman–Crippen MR) is 57.8 cm³/mol. The molecule has 6 nitrogen and oxygen atoms in total. The summed E-state index contributed by atoms with van der Waals surface area (Å²) in [7, 11) is 0. The molecule has 0 fully saturated rings. The van der Waals surface area contributed by atoms with Gasteiger partial charge in [0.2, 0.25) is 0 Å². The van der Waals surface area contributed by atoms with Crippen LogP contribution in [0.2, 0.25) is 0 Å². The topological polar surface area (TPSA) is 104 Å². The SMILES string of the molecule is C=C(C)C(=O)OCC(C)O.CC(=O)CC(=O)[O-]. The van der Waals surface area contributed by atoms with Crippen molar-refractivity contribution in [1.29, 1.82) is 0 Å². The maximum Gasteiger partial charge on any atom is 0.333 e. The van der Waals surface area contributed by atoms with Gasteiger partial charge in [0, 0.05) is 18.0 Å². The summed E-state index contributed by atoms with van der Waals surface area (Å²) in [5.41, 5.74) is 0.348. The molecule has 1 N–H and O–H groups in total. The maximum atomic E-state index is 10.6. The number of carboxylic acid groups (broad SMARTS) is 1. The summed E-state index contributed by atoms with van der Waals surface area (Å²) in [4.78, 5) is 29.9. The quantitative estimate of drug-likeness (QED) is 0.386. The number of hydrogen-bond donors (Lipinski definition) is 1. The molecule has 0 aliphatic carbocycles. The molecule has 0 aromatic carbocycles. The van der Waals surface area contributed by atoms with Crippen molar-refractivity contribution >= 4 is 17.7 Å². The second kappa shape index (κ2) is 9.53. The maximum absolute atomic E-state index is 10.6. The van der Waals surface area contributed by atoms with Crippen LogP contribution < -0.4 is 5.11 Å². The molecule has 0 amide bonds. The zero-order chi connectivity index (χ0) is 14.0. The Bertz CT molecular complexity index is 280. The number of rotatable bonds is 5. The lowest BCUT2D eigenvalue weighted by molar-refractivity contribution is -0.304. The van der Waals surface area contributed by atoms with E-state index in [0.29, 0.717) is 5.57 Å². The van der Waals surface area contributed by atoms with E-state index in [0.717, 1.165) is 0 Å². The molecule has 0 bridgehead atoms. The second-order valence-electron chi connectivity index (χ2n) is 3.48. The number of carbonyl (C=O) groups excluding carboxylic acids is 3. The summed E-state index contributed by atoms with van der Waals surface area (Å²) < 4.78 is 4.58. The summed E-state index contributed by atoms with van der Waals surface area (Å²) in [6, 6.07) is 0. The highest BCUT2D eigenvalue weighted by molar-refractivity contribution is 5.92. The van der Waals surface area contributed by atoms with Crippen molar-refractivity contribution in [2.75, 3.05) is 6.61 Å². The van der Waals surface area contributed by atoms with Crippen LogP contribution in [0.25, 0.3) is 0 Å². The molecule has 0 heterocycles. The van der Waals surface area contributed by atoms with Crippen LogP contribution >= 0.6 is 0 Å². The third-order valence-corrected chi connectivity index (χ3v) is 1.20. The average molecular weight is 245 g/mol. The van der Waals surface area contributed by atoms with Gasteiger partial charge in [0.1, 0.15) is 12.4 Å². The third-order valence-electron chi connectivity index (χ3n) is 1.20. The molecule has 0 radical (unpaired) electrons. The minimum Gasteiger partial charge on any atom is -0.550 e. The molecule has 0 saturated heterocycles. The summed E-state index contributed by atoms with van der Waals surface area (Å²) in [5, 5.41) is 18.2. The third kappa shape index (κ3) is 17.0. The Labute approximate surface area is 99.9 Å². The fourth-order valence-corrected chi connectivity index (χ4v) is 0.523. The monoisotopic (exact) mass is 245 g/mol. The van der Waals surface area contributed by atoms with Crippen LogP contribution in [-0.4, -0.2) is 35.5 Å². The van der Waals surface area contributed by atoms with Crippen molar-refractivity contribution < 1.29 is 29.3 Å². The van der Waals surface area contributed by atoms with E-state index >= 15 is 0 Å². The van der Waals surface area contributed by atoms with Gasteiger partial charge in [0.15, 0.2) is 0 Å². The normalized spacial score (nSPS) is 10.6. The van der Waals surface area contributed by atoms with E-state index in [-0.39, 0.29) is 12.4 Å². The van der Waals surface area contributed by atoms with Gasteiger partial charge in [-0.25, -0.2) is 4.79 Å². The molecule has 17 heavy (non-hydrogen) atoms. The number of Topliss-reactive ketones (excluding diaryl/α,β-unsaturated/α-hetero) is 1. The smallest absolute Gasteiger partial charge is 0.333 e. The van der Waals surface area contributed by atoms with Crippen LogP contribution in [0.5, 0.6) is 0 Å². The van der Waals surface area contributed by atoms with E-state index in [1.54, 1.807) is 13.8 Å². The second-order valence-corrected chi connectivity index (χ2v) is 3.48. The summed E-state index contributed by atoms with van der Waals surface area (Å²) in [6.07, 6.45) is -1.08. The minimum absolute atomic E-state index is 0.0334. The molecule has 0 aromatic rings. The van der Waals surface area contributed by atoms with Gasteiger partial charge < -0.3 is 19.7 Å². The van der Waals surface area contributed by atoms with Gasteiger partial charge in [-0.15, -0.1) is 0 Å². The van der Waals surface area contributed by atoms with E-state index < -0.39 is 24.5 Å².